The standard InChI is InChI=1S/C16H26O4/c1-19-14-8-12(7-13(17)10-14)4-3-11-5-6-16(20-2)15(18)9-11/h4-5,13-18H,3,6-10H2,1-2H3. The van der Waals surface area contributed by atoms with Gasteiger partial charge in [0.1, 0.15) is 0 Å². The van der Waals surface area contributed by atoms with Crippen LogP contribution in [0.2, 0.25) is 0 Å². The Balaban J connectivity index is 1.90. The Morgan fingerprint density at radius 3 is 2.65 bits per heavy atom. The van der Waals surface area contributed by atoms with Gasteiger partial charge in [-0.3, -0.25) is 0 Å². The second-order valence-corrected chi connectivity index (χ2v) is 5.87. The predicted octanol–water partition coefficient (Wildman–Crippen LogP) is 1.96. The molecule has 0 heterocycles. The van der Waals surface area contributed by atoms with E-state index < -0.39 is 6.10 Å². The summed E-state index contributed by atoms with van der Waals surface area (Å²) in [5.41, 5.74) is 2.52. The normalized spacial score (nSPS) is 37.0. The van der Waals surface area contributed by atoms with E-state index in [0.717, 1.165) is 32.1 Å². The molecule has 2 N–H and O–H groups in total. The van der Waals surface area contributed by atoms with Crippen LogP contribution in [0.1, 0.15) is 38.5 Å². The van der Waals surface area contributed by atoms with Gasteiger partial charge in [-0.05, 0) is 32.1 Å². The van der Waals surface area contributed by atoms with E-state index in [2.05, 4.69) is 12.2 Å². The summed E-state index contributed by atoms with van der Waals surface area (Å²) in [6, 6.07) is 0. The molecule has 114 valence electrons. The number of aliphatic hydroxyl groups excluding tert-OH is 2. The maximum Gasteiger partial charge on any atom is 0.0867 e. The fraction of sp³-hybridized carbons (Fsp3) is 0.750. The molecule has 4 nitrogen and oxygen atoms in total. The predicted molar refractivity (Wildman–Crippen MR) is 77.5 cm³/mol. The number of hydrogen-bond donors (Lipinski definition) is 2. The highest BCUT2D eigenvalue weighted by atomic mass is 16.5. The van der Waals surface area contributed by atoms with Gasteiger partial charge in [-0.1, -0.05) is 23.3 Å². The third-order valence-electron chi connectivity index (χ3n) is 4.35. The molecule has 0 bridgehead atoms. The molecule has 0 amide bonds. The van der Waals surface area contributed by atoms with Crippen molar-refractivity contribution in [3.63, 3.8) is 0 Å². The van der Waals surface area contributed by atoms with Crippen LogP contribution in [0.5, 0.6) is 0 Å². The molecule has 0 aromatic heterocycles. The van der Waals surface area contributed by atoms with Crippen molar-refractivity contribution in [1.29, 1.82) is 0 Å². The molecular formula is C16H26O4. The Bertz CT molecular complexity index is 375. The Morgan fingerprint density at radius 1 is 1.20 bits per heavy atom. The van der Waals surface area contributed by atoms with Crippen molar-refractivity contribution in [2.75, 3.05) is 14.2 Å². The molecular weight excluding hydrogens is 256 g/mol. The van der Waals surface area contributed by atoms with Crippen molar-refractivity contribution in [2.24, 2.45) is 0 Å². The lowest BCUT2D eigenvalue weighted by molar-refractivity contribution is -0.0139. The summed E-state index contributed by atoms with van der Waals surface area (Å²) in [5.74, 6) is 0. The summed E-state index contributed by atoms with van der Waals surface area (Å²) < 4.78 is 10.6. The number of methoxy groups -OCH3 is 2. The highest BCUT2D eigenvalue weighted by Gasteiger charge is 2.25. The van der Waals surface area contributed by atoms with Gasteiger partial charge < -0.3 is 19.7 Å². The maximum absolute atomic E-state index is 9.95. The van der Waals surface area contributed by atoms with Gasteiger partial charge in [-0.25, -0.2) is 0 Å². The van der Waals surface area contributed by atoms with Gasteiger partial charge in [-0.2, -0.15) is 0 Å². The Labute approximate surface area is 121 Å². The summed E-state index contributed by atoms with van der Waals surface area (Å²) in [5, 5.41) is 19.8. The van der Waals surface area contributed by atoms with Gasteiger partial charge >= 0.3 is 0 Å². The van der Waals surface area contributed by atoms with Crippen LogP contribution in [0.3, 0.4) is 0 Å². The number of rotatable bonds is 4. The summed E-state index contributed by atoms with van der Waals surface area (Å²) in [4.78, 5) is 0. The highest BCUT2D eigenvalue weighted by molar-refractivity contribution is 5.18. The molecule has 0 radical (unpaired) electrons. The van der Waals surface area contributed by atoms with Crippen LogP contribution in [0.4, 0.5) is 0 Å². The third kappa shape index (κ3) is 4.16. The van der Waals surface area contributed by atoms with E-state index in [1.807, 2.05) is 0 Å². The lowest BCUT2D eigenvalue weighted by Gasteiger charge is -2.28. The van der Waals surface area contributed by atoms with Crippen LogP contribution in [0.25, 0.3) is 0 Å². The molecule has 4 unspecified atom stereocenters. The number of hydrogen-bond acceptors (Lipinski definition) is 4. The largest absolute Gasteiger partial charge is 0.393 e. The lowest BCUT2D eigenvalue weighted by atomic mass is 9.87. The van der Waals surface area contributed by atoms with Gasteiger partial charge in [0.15, 0.2) is 0 Å². The molecule has 1 saturated carbocycles. The number of ether oxygens (including phenoxy) is 2. The Kier molecular flexibility index (Phi) is 5.78. The van der Waals surface area contributed by atoms with Gasteiger partial charge in [0.25, 0.3) is 0 Å². The molecule has 0 spiro atoms. The minimum Gasteiger partial charge on any atom is -0.393 e. The number of aliphatic hydroxyl groups is 2. The van der Waals surface area contributed by atoms with E-state index in [4.69, 9.17) is 9.47 Å². The zero-order chi connectivity index (χ0) is 14.5. The van der Waals surface area contributed by atoms with Crippen molar-refractivity contribution in [3.05, 3.63) is 23.3 Å². The zero-order valence-electron chi connectivity index (χ0n) is 12.4. The number of allylic oxidation sites excluding steroid dienone is 1. The smallest absolute Gasteiger partial charge is 0.0867 e. The van der Waals surface area contributed by atoms with Crippen LogP contribution in [-0.2, 0) is 9.47 Å². The van der Waals surface area contributed by atoms with Crippen molar-refractivity contribution in [2.45, 2.75) is 62.9 Å². The summed E-state index contributed by atoms with van der Waals surface area (Å²) >= 11 is 0. The van der Waals surface area contributed by atoms with Crippen LogP contribution in [0.15, 0.2) is 23.3 Å². The first-order chi connectivity index (χ1) is 9.62. The molecule has 20 heavy (non-hydrogen) atoms. The zero-order valence-corrected chi connectivity index (χ0v) is 12.4. The summed E-state index contributed by atoms with van der Waals surface area (Å²) in [6.45, 7) is 0. The first kappa shape index (κ1) is 15.7. The molecule has 2 aliphatic carbocycles. The van der Waals surface area contributed by atoms with E-state index in [1.54, 1.807) is 14.2 Å². The first-order valence-corrected chi connectivity index (χ1v) is 7.40. The molecule has 4 atom stereocenters. The molecule has 2 aliphatic rings. The van der Waals surface area contributed by atoms with Crippen molar-refractivity contribution < 1.29 is 19.7 Å². The second kappa shape index (κ2) is 7.36. The molecule has 0 aliphatic heterocycles. The Hall–Kier alpha value is -0.680. The maximum atomic E-state index is 9.95. The topological polar surface area (TPSA) is 58.9 Å². The third-order valence-corrected chi connectivity index (χ3v) is 4.35. The van der Waals surface area contributed by atoms with Crippen LogP contribution in [-0.4, -0.2) is 48.8 Å². The molecule has 2 rings (SSSR count). The van der Waals surface area contributed by atoms with Gasteiger partial charge in [-0.15, -0.1) is 0 Å². The van der Waals surface area contributed by atoms with E-state index >= 15 is 0 Å². The molecule has 1 fully saturated rings. The summed E-state index contributed by atoms with van der Waals surface area (Å²) in [7, 11) is 3.34. The molecule has 0 saturated heterocycles. The van der Waals surface area contributed by atoms with Crippen molar-refractivity contribution in [1.82, 2.24) is 0 Å². The van der Waals surface area contributed by atoms with E-state index in [1.165, 1.54) is 11.1 Å². The lowest BCUT2D eigenvalue weighted by Crippen LogP contribution is -2.30. The van der Waals surface area contributed by atoms with E-state index in [9.17, 15) is 10.2 Å². The van der Waals surface area contributed by atoms with Crippen molar-refractivity contribution in [3.8, 4) is 0 Å². The Morgan fingerprint density at radius 2 is 2.00 bits per heavy atom. The van der Waals surface area contributed by atoms with Gasteiger partial charge in [0.05, 0.1) is 24.4 Å². The fourth-order valence-electron chi connectivity index (χ4n) is 3.11. The highest BCUT2D eigenvalue weighted by Crippen LogP contribution is 2.29. The monoisotopic (exact) mass is 282 g/mol. The second-order valence-electron chi connectivity index (χ2n) is 5.87. The van der Waals surface area contributed by atoms with E-state index in [0.29, 0.717) is 6.42 Å². The minimum absolute atomic E-state index is 0.0687. The quantitative estimate of drug-likeness (QED) is 0.774. The van der Waals surface area contributed by atoms with Crippen molar-refractivity contribution >= 4 is 0 Å². The fourth-order valence-corrected chi connectivity index (χ4v) is 3.11. The SMILES string of the molecule is COC1CC(=CCC2=CCC(OC)C(O)C2)CC(O)C1. The van der Waals surface area contributed by atoms with Crippen LogP contribution in [0, 0.1) is 0 Å². The van der Waals surface area contributed by atoms with Crippen LogP contribution >= 0.6 is 0 Å². The first-order valence-electron chi connectivity index (χ1n) is 7.40. The molecule has 4 heteroatoms. The van der Waals surface area contributed by atoms with Crippen LogP contribution < -0.4 is 0 Å². The minimum atomic E-state index is -0.401. The average molecular weight is 282 g/mol. The van der Waals surface area contributed by atoms with Gasteiger partial charge in [0.2, 0.25) is 0 Å². The molecule has 0 aromatic rings. The summed E-state index contributed by atoms with van der Waals surface area (Å²) in [6.07, 6.45) is 8.43. The van der Waals surface area contributed by atoms with Gasteiger partial charge in [0, 0.05) is 20.6 Å². The van der Waals surface area contributed by atoms with E-state index in [-0.39, 0.29) is 18.3 Å². The average Bonchev–Trinajstić information content (AvgIpc) is 2.44. The molecule has 0 aromatic carbocycles.